The molecule has 1 saturated heterocycles. The molecule has 2 heteroatoms. The molecule has 42 valence electrons. The second kappa shape index (κ2) is 1.80. The van der Waals surface area contributed by atoms with Crippen molar-refractivity contribution in [3.05, 3.63) is 0 Å². The first-order chi connectivity index (χ1) is 3.30. The molecule has 0 aromatic heterocycles. The van der Waals surface area contributed by atoms with Gasteiger partial charge in [0.2, 0.25) is 0 Å². The topological polar surface area (TPSA) is 12.5 Å². The summed E-state index contributed by atoms with van der Waals surface area (Å²) in [6.07, 6.45) is 0. The van der Waals surface area contributed by atoms with Crippen molar-refractivity contribution in [3.63, 3.8) is 0 Å². The Morgan fingerprint density at radius 1 is 1.71 bits per heavy atom. The maximum atomic E-state index is 5.09. The fraction of sp³-hybridized carbons (Fsp3) is 1.00. The molecule has 0 amide bonds. The van der Waals surface area contributed by atoms with Crippen LogP contribution in [0.1, 0.15) is 6.92 Å². The van der Waals surface area contributed by atoms with Gasteiger partial charge in [0.15, 0.2) is 0 Å². The van der Waals surface area contributed by atoms with Crippen LogP contribution >= 0.6 is 0 Å². The summed E-state index contributed by atoms with van der Waals surface area (Å²) in [6.45, 7) is 3.87. The number of likely N-dealkylation sites (N-methyl/N-ethyl adjacent to an activating group) is 1. The molecule has 2 nitrogen and oxygen atoms in total. The van der Waals surface area contributed by atoms with Gasteiger partial charge in [-0.25, -0.2) is 0 Å². The molecule has 0 aromatic rings. The average molecular weight is 101 g/mol. The lowest BCUT2D eigenvalue weighted by atomic mass is 10.4. The van der Waals surface area contributed by atoms with E-state index in [1.54, 1.807) is 0 Å². The van der Waals surface area contributed by atoms with E-state index >= 15 is 0 Å². The van der Waals surface area contributed by atoms with Gasteiger partial charge in [-0.15, -0.1) is 0 Å². The summed E-state index contributed by atoms with van der Waals surface area (Å²) in [5.74, 6) is 0. The van der Waals surface area contributed by atoms with E-state index in [9.17, 15) is 0 Å². The van der Waals surface area contributed by atoms with Gasteiger partial charge in [0, 0.05) is 6.04 Å². The van der Waals surface area contributed by atoms with Crippen LogP contribution < -0.4 is 0 Å². The maximum Gasteiger partial charge on any atom is 0.0991 e. The first-order valence-electron chi connectivity index (χ1n) is 2.58. The molecule has 1 heterocycles. The van der Waals surface area contributed by atoms with Crippen molar-refractivity contribution >= 4 is 0 Å². The molecule has 0 aliphatic carbocycles. The van der Waals surface area contributed by atoms with E-state index in [1.807, 2.05) is 0 Å². The van der Waals surface area contributed by atoms with Gasteiger partial charge < -0.3 is 4.74 Å². The van der Waals surface area contributed by atoms with Crippen molar-refractivity contribution in [2.75, 3.05) is 20.4 Å². The van der Waals surface area contributed by atoms with Crippen molar-refractivity contribution in [2.45, 2.75) is 13.0 Å². The first-order valence-corrected chi connectivity index (χ1v) is 2.58. The fourth-order valence-corrected chi connectivity index (χ4v) is 0.622. The average Bonchev–Trinajstić information content (AvgIpc) is 1.91. The minimum absolute atomic E-state index is 0.625. The molecule has 0 N–H and O–H groups in total. The van der Waals surface area contributed by atoms with Crippen LogP contribution in [0.5, 0.6) is 0 Å². The minimum Gasteiger partial charge on any atom is -0.364 e. The molecular formula is C5H11NO. The van der Waals surface area contributed by atoms with Crippen LogP contribution in [0.25, 0.3) is 0 Å². The summed E-state index contributed by atoms with van der Waals surface area (Å²) in [5, 5.41) is 0. The van der Waals surface area contributed by atoms with Crippen molar-refractivity contribution in [1.29, 1.82) is 0 Å². The monoisotopic (exact) mass is 101 g/mol. The van der Waals surface area contributed by atoms with Gasteiger partial charge in [0.05, 0.1) is 13.3 Å². The van der Waals surface area contributed by atoms with E-state index in [0.717, 1.165) is 13.3 Å². The summed E-state index contributed by atoms with van der Waals surface area (Å²) >= 11 is 0. The molecule has 0 aromatic carbocycles. The zero-order valence-corrected chi connectivity index (χ0v) is 4.85. The highest BCUT2D eigenvalue weighted by atomic mass is 16.5. The second-order valence-electron chi connectivity index (χ2n) is 2.11. The van der Waals surface area contributed by atoms with Crippen LogP contribution in [0.2, 0.25) is 0 Å². The lowest BCUT2D eigenvalue weighted by Gasteiger charge is -2.08. The minimum atomic E-state index is 0.625. The molecule has 1 fully saturated rings. The Bertz CT molecular complexity index is 57.1. The molecular weight excluding hydrogens is 90.1 g/mol. The number of hydrogen-bond acceptors (Lipinski definition) is 2. The van der Waals surface area contributed by atoms with Crippen molar-refractivity contribution in [3.8, 4) is 0 Å². The third-order valence-corrected chi connectivity index (χ3v) is 1.41. The highest BCUT2D eigenvalue weighted by molar-refractivity contribution is 4.63. The fourth-order valence-electron chi connectivity index (χ4n) is 0.622. The van der Waals surface area contributed by atoms with Crippen LogP contribution in [0.15, 0.2) is 0 Å². The summed E-state index contributed by atoms with van der Waals surface area (Å²) in [6, 6.07) is 0.625. The molecule has 1 aliphatic rings. The second-order valence-corrected chi connectivity index (χ2v) is 2.11. The van der Waals surface area contributed by atoms with Gasteiger partial charge in [0.1, 0.15) is 0 Å². The zero-order valence-electron chi connectivity index (χ0n) is 4.85. The highest BCUT2D eigenvalue weighted by Gasteiger charge is 2.14. The molecule has 1 atom stereocenters. The zero-order chi connectivity index (χ0) is 5.28. The molecule has 0 spiro atoms. The van der Waals surface area contributed by atoms with Crippen LogP contribution in [-0.4, -0.2) is 31.3 Å². The lowest BCUT2D eigenvalue weighted by molar-refractivity contribution is 0.153. The van der Waals surface area contributed by atoms with E-state index in [0.29, 0.717) is 6.04 Å². The Balaban J connectivity index is 2.33. The molecule has 0 radical (unpaired) electrons. The Morgan fingerprint density at radius 2 is 2.43 bits per heavy atom. The van der Waals surface area contributed by atoms with Gasteiger partial charge in [-0.1, -0.05) is 0 Å². The molecule has 1 rings (SSSR count). The van der Waals surface area contributed by atoms with Gasteiger partial charge in [-0.2, -0.15) is 0 Å². The van der Waals surface area contributed by atoms with Crippen molar-refractivity contribution in [2.24, 2.45) is 0 Å². The van der Waals surface area contributed by atoms with E-state index in [4.69, 9.17) is 4.74 Å². The normalized spacial score (nSPS) is 34.3. The number of nitrogens with zero attached hydrogens (tertiary/aromatic N) is 1. The van der Waals surface area contributed by atoms with E-state index in [1.165, 1.54) is 0 Å². The number of rotatable bonds is 0. The standard InChI is InChI=1S/C5H11NO/c1-5-3-7-4-6(5)2/h5H,3-4H2,1-2H3/t5-/m1/s1. The predicted octanol–water partition coefficient (Wildman–Crippen LogP) is 0.294. The SMILES string of the molecule is C[C@@H]1COCN1C. The highest BCUT2D eigenvalue weighted by Crippen LogP contribution is 2.03. The smallest absolute Gasteiger partial charge is 0.0991 e. The Labute approximate surface area is 44.1 Å². The largest absolute Gasteiger partial charge is 0.364 e. The molecule has 0 saturated carbocycles. The van der Waals surface area contributed by atoms with Gasteiger partial charge in [-0.3, -0.25) is 4.90 Å². The maximum absolute atomic E-state index is 5.09. The van der Waals surface area contributed by atoms with Crippen LogP contribution in [-0.2, 0) is 4.74 Å². The first kappa shape index (κ1) is 5.06. The van der Waals surface area contributed by atoms with Gasteiger partial charge in [-0.05, 0) is 14.0 Å². The van der Waals surface area contributed by atoms with E-state index in [-0.39, 0.29) is 0 Å². The van der Waals surface area contributed by atoms with Gasteiger partial charge >= 0.3 is 0 Å². The third kappa shape index (κ3) is 0.924. The summed E-state index contributed by atoms with van der Waals surface area (Å²) in [4.78, 5) is 2.18. The predicted molar refractivity (Wildman–Crippen MR) is 28.0 cm³/mol. The van der Waals surface area contributed by atoms with Crippen molar-refractivity contribution < 1.29 is 4.74 Å². The molecule has 0 unspecified atom stereocenters. The molecule has 1 aliphatic heterocycles. The Morgan fingerprint density at radius 3 is 2.57 bits per heavy atom. The summed E-state index contributed by atoms with van der Waals surface area (Å²) in [7, 11) is 2.07. The van der Waals surface area contributed by atoms with Crippen LogP contribution in [0.4, 0.5) is 0 Å². The van der Waals surface area contributed by atoms with Crippen LogP contribution in [0.3, 0.4) is 0 Å². The number of ether oxygens (including phenoxy) is 1. The number of hydrogen-bond donors (Lipinski definition) is 0. The molecule has 7 heavy (non-hydrogen) atoms. The third-order valence-electron chi connectivity index (χ3n) is 1.41. The van der Waals surface area contributed by atoms with Gasteiger partial charge in [0.25, 0.3) is 0 Å². The lowest BCUT2D eigenvalue weighted by Crippen LogP contribution is -2.22. The Kier molecular flexibility index (Phi) is 1.30. The summed E-state index contributed by atoms with van der Waals surface area (Å²) in [5.41, 5.74) is 0. The summed E-state index contributed by atoms with van der Waals surface area (Å²) < 4.78 is 5.09. The quantitative estimate of drug-likeness (QED) is 0.435. The van der Waals surface area contributed by atoms with Crippen LogP contribution in [0, 0.1) is 0 Å². The van der Waals surface area contributed by atoms with E-state index < -0.39 is 0 Å². The van der Waals surface area contributed by atoms with Crippen molar-refractivity contribution in [1.82, 2.24) is 4.90 Å². The molecule has 0 bridgehead atoms. The Hall–Kier alpha value is -0.0800. The van der Waals surface area contributed by atoms with E-state index in [2.05, 4.69) is 18.9 Å².